The number of aryl methyl sites for hydroxylation is 1. The first-order valence-corrected chi connectivity index (χ1v) is 11.8. The zero-order valence-electron chi connectivity index (χ0n) is 20.2. The third-order valence-corrected chi connectivity index (χ3v) is 5.99. The maximum atomic E-state index is 13.3. The molecule has 0 bridgehead atoms. The van der Waals surface area contributed by atoms with E-state index in [0.717, 1.165) is 5.82 Å². The van der Waals surface area contributed by atoms with E-state index >= 15 is 0 Å². The molecule has 180 valence electrons. The third kappa shape index (κ3) is 5.40. The van der Waals surface area contributed by atoms with Crippen molar-refractivity contribution in [3.8, 4) is 28.7 Å². The van der Waals surface area contributed by atoms with Crippen molar-refractivity contribution in [2.45, 2.75) is 39.7 Å². The molecule has 0 amide bonds. The van der Waals surface area contributed by atoms with Gasteiger partial charge in [0.2, 0.25) is 5.88 Å². The van der Waals surface area contributed by atoms with Crippen molar-refractivity contribution < 1.29 is 9.47 Å². The van der Waals surface area contributed by atoms with Gasteiger partial charge in [0, 0.05) is 35.6 Å². The fourth-order valence-electron chi connectivity index (χ4n) is 3.47. The van der Waals surface area contributed by atoms with Crippen LogP contribution in [0, 0.1) is 6.92 Å². The standard InChI is InChI=1S/C26H26BrN5O3/c1-16-13-21(35-15-17-7-6-8-22(30-17)34-5)23(27)24(33)32(16)18-9-11-28-20(14-18)19-10-12-29-25(31-19)26(2,3)4/h6-14H,15H2,1-5H3. The smallest absolute Gasteiger partial charge is 0.273 e. The van der Waals surface area contributed by atoms with Gasteiger partial charge in [0.25, 0.3) is 5.56 Å². The second-order valence-corrected chi connectivity index (χ2v) is 9.77. The summed E-state index contributed by atoms with van der Waals surface area (Å²) in [6, 6.07) is 12.7. The molecule has 8 nitrogen and oxygen atoms in total. The molecule has 0 N–H and O–H groups in total. The van der Waals surface area contributed by atoms with Gasteiger partial charge < -0.3 is 9.47 Å². The molecule has 0 fully saturated rings. The molecule has 4 aromatic heterocycles. The Labute approximate surface area is 212 Å². The highest BCUT2D eigenvalue weighted by Crippen LogP contribution is 2.26. The van der Waals surface area contributed by atoms with Crippen LogP contribution in [-0.4, -0.2) is 31.6 Å². The van der Waals surface area contributed by atoms with Crippen molar-refractivity contribution in [1.82, 2.24) is 24.5 Å². The zero-order valence-corrected chi connectivity index (χ0v) is 21.8. The third-order valence-electron chi connectivity index (χ3n) is 5.26. The molecule has 0 aromatic carbocycles. The molecule has 0 saturated carbocycles. The molecule has 0 aliphatic carbocycles. The van der Waals surface area contributed by atoms with Gasteiger partial charge in [-0.25, -0.2) is 15.0 Å². The summed E-state index contributed by atoms with van der Waals surface area (Å²) in [6.45, 7) is 8.23. The molecular formula is C26H26BrN5O3. The monoisotopic (exact) mass is 535 g/mol. The van der Waals surface area contributed by atoms with Crippen molar-refractivity contribution in [3.05, 3.63) is 86.9 Å². The zero-order chi connectivity index (χ0) is 25.2. The predicted octanol–water partition coefficient (Wildman–Crippen LogP) is 5.04. The van der Waals surface area contributed by atoms with Gasteiger partial charge in [0.05, 0.1) is 29.9 Å². The Hall–Kier alpha value is -3.59. The van der Waals surface area contributed by atoms with E-state index in [1.165, 1.54) is 0 Å². The van der Waals surface area contributed by atoms with Crippen LogP contribution in [0.3, 0.4) is 0 Å². The SMILES string of the molecule is COc1cccc(COc2cc(C)n(-c3ccnc(-c4ccnc(C(C)(C)C)n4)c3)c(=O)c2Br)n1. The van der Waals surface area contributed by atoms with Crippen molar-refractivity contribution in [3.63, 3.8) is 0 Å². The van der Waals surface area contributed by atoms with Crippen LogP contribution in [0.2, 0.25) is 0 Å². The molecule has 9 heteroatoms. The minimum absolute atomic E-state index is 0.192. The average molecular weight is 536 g/mol. The van der Waals surface area contributed by atoms with Crippen LogP contribution in [0.4, 0.5) is 0 Å². The maximum absolute atomic E-state index is 13.3. The van der Waals surface area contributed by atoms with Crippen molar-refractivity contribution >= 4 is 15.9 Å². The topological polar surface area (TPSA) is 92.0 Å². The van der Waals surface area contributed by atoms with E-state index in [2.05, 4.69) is 56.6 Å². The van der Waals surface area contributed by atoms with Crippen LogP contribution in [-0.2, 0) is 12.0 Å². The first-order valence-electron chi connectivity index (χ1n) is 11.0. The van der Waals surface area contributed by atoms with E-state index in [0.29, 0.717) is 44.6 Å². The van der Waals surface area contributed by atoms with Gasteiger partial charge in [-0.3, -0.25) is 14.3 Å². The highest BCUT2D eigenvalue weighted by atomic mass is 79.9. The molecule has 0 unspecified atom stereocenters. The van der Waals surface area contributed by atoms with Crippen molar-refractivity contribution in [2.24, 2.45) is 0 Å². The van der Waals surface area contributed by atoms with Gasteiger partial charge in [0.15, 0.2) is 0 Å². The minimum atomic E-state index is -0.242. The van der Waals surface area contributed by atoms with E-state index in [-0.39, 0.29) is 17.6 Å². The lowest BCUT2D eigenvalue weighted by Crippen LogP contribution is -2.22. The summed E-state index contributed by atoms with van der Waals surface area (Å²) in [4.78, 5) is 31.2. The summed E-state index contributed by atoms with van der Waals surface area (Å²) in [5.74, 6) is 1.67. The van der Waals surface area contributed by atoms with E-state index in [1.54, 1.807) is 36.2 Å². The highest BCUT2D eigenvalue weighted by molar-refractivity contribution is 9.10. The number of aromatic nitrogens is 5. The van der Waals surface area contributed by atoms with Crippen molar-refractivity contribution in [1.29, 1.82) is 0 Å². The summed E-state index contributed by atoms with van der Waals surface area (Å²) in [5.41, 5.74) is 2.99. The minimum Gasteiger partial charge on any atom is -0.486 e. The first kappa shape index (κ1) is 24.5. The summed E-state index contributed by atoms with van der Waals surface area (Å²) in [6.07, 6.45) is 3.40. The number of halogens is 1. The Bertz CT molecular complexity index is 1430. The molecule has 4 aromatic rings. The fourth-order valence-corrected chi connectivity index (χ4v) is 3.88. The van der Waals surface area contributed by atoms with E-state index in [1.807, 2.05) is 37.3 Å². The van der Waals surface area contributed by atoms with Crippen LogP contribution >= 0.6 is 15.9 Å². The number of hydrogen-bond acceptors (Lipinski definition) is 7. The van der Waals surface area contributed by atoms with Crippen LogP contribution in [0.25, 0.3) is 17.1 Å². The lowest BCUT2D eigenvalue weighted by atomic mass is 9.95. The summed E-state index contributed by atoms with van der Waals surface area (Å²) in [7, 11) is 1.56. The number of nitrogens with zero attached hydrogens (tertiary/aromatic N) is 5. The number of ether oxygens (including phenoxy) is 2. The summed E-state index contributed by atoms with van der Waals surface area (Å²) >= 11 is 3.42. The van der Waals surface area contributed by atoms with Gasteiger partial charge >= 0.3 is 0 Å². The van der Waals surface area contributed by atoms with E-state index in [9.17, 15) is 4.79 Å². The van der Waals surface area contributed by atoms with Crippen LogP contribution < -0.4 is 15.0 Å². The lowest BCUT2D eigenvalue weighted by Gasteiger charge is -2.17. The molecule has 0 atom stereocenters. The number of rotatable bonds is 6. The second kappa shape index (κ2) is 9.95. The number of methoxy groups -OCH3 is 1. The average Bonchev–Trinajstić information content (AvgIpc) is 2.85. The molecule has 0 saturated heterocycles. The molecule has 0 radical (unpaired) electrons. The van der Waals surface area contributed by atoms with Gasteiger partial charge in [-0.2, -0.15) is 0 Å². The van der Waals surface area contributed by atoms with E-state index in [4.69, 9.17) is 9.47 Å². The van der Waals surface area contributed by atoms with Gasteiger partial charge in [-0.05, 0) is 47.1 Å². The number of hydrogen-bond donors (Lipinski definition) is 0. The van der Waals surface area contributed by atoms with Crippen LogP contribution in [0.15, 0.2) is 64.1 Å². The summed E-state index contributed by atoms with van der Waals surface area (Å²) in [5, 5.41) is 0. The van der Waals surface area contributed by atoms with E-state index < -0.39 is 0 Å². The number of pyridine rings is 3. The molecular weight excluding hydrogens is 510 g/mol. The molecule has 35 heavy (non-hydrogen) atoms. The Balaban J connectivity index is 1.66. The Kier molecular flexibility index (Phi) is 6.98. The second-order valence-electron chi connectivity index (χ2n) is 8.98. The first-order chi connectivity index (χ1) is 16.7. The lowest BCUT2D eigenvalue weighted by molar-refractivity contribution is 0.295. The largest absolute Gasteiger partial charge is 0.486 e. The molecule has 0 spiro atoms. The molecule has 4 heterocycles. The normalized spacial score (nSPS) is 11.4. The molecule has 0 aliphatic heterocycles. The Morgan fingerprint density at radius 2 is 1.77 bits per heavy atom. The quantitative estimate of drug-likeness (QED) is 0.341. The molecule has 0 aliphatic rings. The van der Waals surface area contributed by atoms with Crippen LogP contribution in [0.1, 0.15) is 38.0 Å². The van der Waals surface area contributed by atoms with Crippen molar-refractivity contribution in [2.75, 3.05) is 7.11 Å². The van der Waals surface area contributed by atoms with Gasteiger partial charge in [-0.15, -0.1) is 0 Å². The Morgan fingerprint density at radius 1 is 1.00 bits per heavy atom. The summed E-state index contributed by atoms with van der Waals surface area (Å²) < 4.78 is 13.0. The predicted molar refractivity (Wildman–Crippen MR) is 137 cm³/mol. The van der Waals surface area contributed by atoms with Crippen LogP contribution in [0.5, 0.6) is 11.6 Å². The maximum Gasteiger partial charge on any atom is 0.273 e. The Morgan fingerprint density at radius 3 is 2.51 bits per heavy atom. The van der Waals surface area contributed by atoms with Gasteiger partial charge in [-0.1, -0.05) is 26.8 Å². The van der Waals surface area contributed by atoms with Gasteiger partial charge in [0.1, 0.15) is 22.7 Å². The highest BCUT2D eigenvalue weighted by Gasteiger charge is 2.19. The fraction of sp³-hybridized carbons (Fsp3) is 0.269. The molecule has 4 rings (SSSR count).